The zero-order valence-electron chi connectivity index (χ0n) is 10.5. The van der Waals surface area contributed by atoms with Crippen molar-refractivity contribution in [3.63, 3.8) is 0 Å². The van der Waals surface area contributed by atoms with E-state index < -0.39 is 10.0 Å². The van der Waals surface area contributed by atoms with Gasteiger partial charge in [-0.05, 0) is 44.6 Å². The van der Waals surface area contributed by atoms with E-state index in [0.29, 0.717) is 4.90 Å². The Morgan fingerprint density at radius 1 is 1.44 bits per heavy atom. The Morgan fingerprint density at radius 2 is 2.17 bits per heavy atom. The van der Waals surface area contributed by atoms with Crippen molar-refractivity contribution in [1.29, 1.82) is 0 Å². The van der Waals surface area contributed by atoms with Gasteiger partial charge in [-0.25, -0.2) is 13.1 Å². The van der Waals surface area contributed by atoms with Crippen molar-refractivity contribution >= 4 is 26.0 Å². The molecule has 1 aromatic rings. The van der Waals surface area contributed by atoms with Crippen molar-refractivity contribution < 1.29 is 8.42 Å². The van der Waals surface area contributed by atoms with Crippen LogP contribution in [0.2, 0.25) is 0 Å². The lowest BCUT2D eigenvalue weighted by molar-refractivity contribution is 0.407. The van der Waals surface area contributed by atoms with Crippen LogP contribution >= 0.6 is 15.9 Å². The summed E-state index contributed by atoms with van der Waals surface area (Å²) in [7, 11) is -1.43. The average molecular weight is 333 g/mol. The van der Waals surface area contributed by atoms with Gasteiger partial charge in [0.05, 0.1) is 4.90 Å². The third-order valence-corrected chi connectivity index (χ3v) is 5.31. The molecule has 18 heavy (non-hydrogen) atoms. The summed E-state index contributed by atoms with van der Waals surface area (Å²) in [6.07, 6.45) is 0.864. The lowest BCUT2D eigenvalue weighted by atomic mass is 10.2. The Labute approximate surface area is 117 Å². The van der Waals surface area contributed by atoms with Gasteiger partial charge in [-0.15, -0.1) is 0 Å². The van der Waals surface area contributed by atoms with Crippen LogP contribution in [-0.2, 0) is 10.0 Å². The van der Waals surface area contributed by atoms with Crippen molar-refractivity contribution in [2.24, 2.45) is 0 Å². The molecule has 1 atom stereocenters. The third kappa shape index (κ3) is 3.12. The summed E-state index contributed by atoms with van der Waals surface area (Å²) in [6, 6.07) is 5.31. The minimum atomic E-state index is -3.43. The molecule has 1 fully saturated rings. The predicted octanol–water partition coefficient (Wildman–Crippen LogP) is 1.74. The SMILES string of the molecule is Cc1ccc(Br)cc1S(=O)(=O)NC1CCN(C)C1. The van der Waals surface area contributed by atoms with Crippen LogP contribution in [-0.4, -0.2) is 39.5 Å². The summed E-state index contributed by atoms with van der Waals surface area (Å²) >= 11 is 3.31. The summed E-state index contributed by atoms with van der Waals surface area (Å²) in [6.45, 7) is 3.51. The fourth-order valence-electron chi connectivity index (χ4n) is 2.18. The largest absolute Gasteiger partial charge is 0.305 e. The lowest BCUT2D eigenvalue weighted by Crippen LogP contribution is -2.36. The summed E-state index contributed by atoms with van der Waals surface area (Å²) in [5.74, 6) is 0. The van der Waals surface area contributed by atoms with Crippen LogP contribution in [0.3, 0.4) is 0 Å². The number of likely N-dealkylation sites (N-methyl/N-ethyl adjacent to an activating group) is 1. The van der Waals surface area contributed by atoms with Crippen LogP contribution in [0.5, 0.6) is 0 Å². The van der Waals surface area contributed by atoms with E-state index in [9.17, 15) is 8.42 Å². The highest BCUT2D eigenvalue weighted by atomic mass is 79.9. The molecular formula is C12H17BrN2O2S. The molecule has 0 aromatic heterocycles. The molecule has 1 aliphatic rings. The van der Waals surface area contributed by atoms with E-state index in [1.807, 2.05) is 20.0 Å². The second-order valence-electron chi connectivity index (χ2n) is 4.78. The van der Waals surface area contributed by atoms with Crippen LogP contribution in [0.4, 0.5) is 0 Å². The van der Waals surface area contributed by atoms with Crippen molar-refractivity contribution in [3.05, 3.63) is 28.2 Å². The normalized spacial score (nSPS) is 21.4. The molecule has 6 heteroatoms. The number of rotatable bonds is 3. The first-order chi connectivity index (χ1) is 8.38. The van der Waals surface area contributed by atoms with E-state index in [1.165, 1.54) is 0 Å². The number of nitrogens with one attached hydrogen (secondary N) is 1. The minimum absolute atomic E-state index is 0.0124. The maximum atomic E-state index is 12.3. The molecule has 2 rings (SSSR count). The molecule has 0 bridgehead atoms. The van der Waals surface area contributed by atoms with Crippen molar-refractivity contribution in [2.75, 3.05) is 20.1 Å². The molecule has 1 aliphatic heterocycles. The van der Waals surface area contributed by atoms with E-state index in [-0.39, 0.29) is 6.04 Å². The monoisotopic (exact) mass is 332 g/mol. The number of aryl methyl sites for hydroxylation is 1. The van der Waals surface area contributed by atoms with E-state index in [2.05, 4.69) is 25.6 Å². The molecular weight excluding hydrogens is 316 g/mol. The molecule has 1 N–H and O–H groups in total. The molecule has 1 aromatic carbocycles. The average Bonchev–Trinajstić information content (AvgIpc) is 2.66. The van der Waals surface area contributed by atoms with Gasteiger partial charge < -0.3 is 4.90 Å². The van der Waals surface area contributed by atoms with E-state index in [0.717, 1.165) is 29.5 Å². The number of nitrogens with zero attached hydrogens (tertiary/aromatic N) is 1. The highest BCUT2D eigenvalue weighted by Crippen LogP contribution is 2.21. The first-order valence-electron chi connectivity index (χ1n) is 5.85. The minimum Gasteiger partial charge on any atom is -0.305 e. The smallest absolute Gasteiger partial charge is 0.241 e. The van der Waals surface area contributed by atoms with Gasteiger partial charge in [-0.3, -0.25) is 0 Å². The molecule has 1 heterocycles. The van der Waals surface area contributed by atoms with Gasteiger partial charge >= 0.3 is 0 Å². The fraction of sp³-hybridized carbons (Fsp3) is 0.500. The summed E-state index contributed by atoms with van der Waals surface area (Å²) < 4.78 is 28.2. The van der Waals surface area contributed by atoms with Crippen LogP contribution in [0.1, 0.15) is 12.0 Å². The zero-order chi connectivity index (χ0) is 13.3. The molecule has 1 saturated heterocycles. The fourth-order valence-corrected chi connectivity index (χ4v) is 4.22. The topological polar surface area (TPSA) is 49.4 Å². The molecule has 0 amide bonds. The van der Waals surface area contributed by atoms with Crippen molar-refractivity contribution in [3.8, 4) is 0 Å². The van der Waals surface area contributed by atoms with Gasteiger partial charge in [-0.1, -0.05) is 22.0 Å². The maximum absolute atomic E-state index is 12.3. The molecule has 0 spiro atoms. The lowest BCUT2D eigenvalue weighted by Gasteiger charge is -2.14. The second-order valence-corrected chi connectivity index (χ2v) is 7.38. The number of sulfonamides is 1. The third-order valence-electron chi connectivity index (χ3n) is 3.15. The summed E-state index contributed by atoms with van der Waals surface area (Å²) in [4.78, 5) is 2.48. The number of hydrogen-bond donors (Lipinski definition) is 1. The van der Waals surface area contributed by atoms with E-state index >= 15 is 0 Å². The predicted molar refractivity (Wildman–Crippen MR) is 75.1 cm³/mol. The van der Waals surface area contributed by atoms with Gasteiger partial charge in [0, 0.05) is 17.1 Å². The van der Waals surface area contributed by atoms with Gasteiger partial charge in [-0.2, -0.15) is 0 Å². The Kier molecular flexibility index (Phi) is 4.11. The van der Waals surface area contributed by atoms with Crippen LogP contribution < -0.4 is 4.72 Å². The Bertz CT molecular complexity index is 545. The Hall–Kier alpha value is -0.430. The molecule has 1 unspecified atom stereocenters. The number of likely N-dealkylation sites (tertiary alicyclic amines) is 1. The Morgan fingerprint density at radius 3 is 2.78 bits per heavy atom. The molecule has 4 nitrogen and oxygen atoms in total. The van der Waals surface area contributed by atoms with Crippen LogP contribution in [0.25, 0.3) is 0 Å². The standard InChI is InChI=1S/C12H17BrN2O2S/c1-9-3-4-10(13)7-12(9)18(16,17)14-11-5-6-15(2)8-11/h3-4,7,11,14H,5-6,8H2,1-2H3. The highest BCUT2D eigenvalue weighted by molar-refractivity contribution is 9.10. The molecule has 0 aliphatic carbocycles. The van der Waals surface area contributed by atoms with Gasteiger partial charge in [0.2, 0.25) is 10.0 Å². The maximum Gasteiger partial charge on any atom is 0.241 e. The summed E-state index contributed by atoms with van der Waals surface area (Å²) in [5, 5.41) is 0. The van der Waals surface area contributed by atoms with Gasteiger partial charge in [0.25, 0.3) is 0 Å². The van der Waals surface area contributed by atoms with Crippen LogP contribution in [0, 0.1) is 6.92 Å². The number of benzene rings is 1. The molecule has 0 radical (unpaired) electrons. The van der Waals surface area contributed by atoms with E-state index in [4.69, 9.17) is 0 Å². The van der Waals surface area contributed by atoms with Crippen LogP contribution in [0.15, 0.2) is 27.6 Å². The van der Waals surface area contributed by atoms with E-state index in [1.54, 1.807) is 12.1 Å². The van der Waals surface area contributed by atoms with Gasteiger partial charge in [0.15, 0.2) is 0 Å². The van der Waals surface area contributed by atoms with Gasteiger partial charge in [0.1, 0.15) is 0 Å². The van der Waals surface area contributed by atoms with Crippen molar-refractivity contribution in [1.82, 2.24) is 9.62 Å². The van der Waals surface area contributed by atoms with Crippen molar-refractivity contribution in [2.45, 2.75) is 24.3 Å². The quantitative estimate of drug-likeness (QED) is 0.917. The summed E-state index contributed by atoms with van der Waals surface area (Å²) in [5.41, 5.74) is 0.761. The highest BCUT2D eigenvalue weighted by Gasteiger charge is 2.26. The molecule has 0 saturated carbocycles. The molecule has 100 valence electrons. The Balaban J connectivity index is 2.23. The number of halogens is 1. The second kappa shape index (κ2) is 5.28. The zero-order valence-corrected chi connectivity index (χ0v) is 12.9. The number of hydrogen-bond acceptors (Lipinski definition) is 3. The first kappa shape index (κ1) is 14.0. The first-order valence-corrected chi connectivity index (χ1v) is 8.13.